The summed E-state index contributed by atoms with van der Waals surface area (Å²) in [6.07, 6.45) is 12.7. The monoisotopic (exact) mass is 335 g/mol. The van der Waals surface area contributed by atoms with E-state index in [-0.39, 0.29) is 0 Å². The van der Waals surface area contributed by atoms with Crippen LogP contribution >= 0.6 is 8.58 Å². The molecule has 0 radical (unpaired) electrons. The van der Waals surface area contributed by atoms with Gasteiger partial charge in [0.1, 0.15) is 5.75 Å². The highest BCUT2D eigenvalue weighted by Gasteiger charge is 2.10. The van der Waals surface area contributed by atoms with E-state index in [1.54, 1.807) is 7.05 Å². The maximum Gasteiger partial charge on any atom is 0.123 e. The third-order valence-corrected chi connectivity index (χ3v) is 5.52. The smallest absolute Gasteiger partial charge is 0.123 e. The van der Waals surface area contributed by atoms with Gasteiger partial charge in [0.05, 0.1) is 0 Å². The van der Waals surface area contributed by atoms with Crippen LogP contribution in [-0.2, 0) is 6.42 Å². The van der Waals surface area contributed by atoms with E-state index < -0.39 is 0 Å². The minimum atomic E-state index is 0.374. The number of phenolic OH excluding ortho intramolecular Hbond substituents is 1. The largest absolute Gasteiger partial charge is 0.507 e. The van der Waals surface area contributed by atoms with Crippen LogP contribution in [0.2, 0.25) is 0 Å². The molecule has 1 aliphatic carbocycles. The van der Waals surface area contributed by atoms with E-state index in [9.17, 15) is 5.11 Å². The molecule has 3 rings (SSSR count). The Bertz CT molecular complexity index is 792. The van der Waals surface area contributed by atoms with Gasteiger partial charge in [-0.1, -0.05) is 63.2 Å². The minimum absolute atomic E-state index is 0.374. The predicted octanol–water partition coefficient (Wildman–Crippen LogP) is 3.75. The van der Waals surface area contributed by atoms with E-state index in [4.69, 9.17) is 0 Å². The van der Waals surface area contributed by atoms with Crippen LogP contribution < -0.4 is 10.6 Å². The summed E-state index contributed by atoms with van der Waals surface area (Å²) in [5, 5.41) is 12.5. The molecular weight excluding hydrogens is 313 g/mol. The molecule has 3 heteroatoms. The fraction of sp³-hybridized carbons (Fsp3) is 0.190. The molecule has 0 heterocycles. The number of phenols is 1. The molecule has 0 aromatic heterocycles. The van der Waals surface area contributed by atoms with E-state index in [2.05, 4.69) is 47.5 Å². The molecular formula is C21H22NOP. The van der Waals surface area contributed by atoms with Crippen LogP contribution in [-0.4, -0.2) is 18.4 Å². The molecule has 2 aromatic rings. The molecule has 24 heavy (non-hydrogen) atoms. The first kappa shape index (κ1) is 16.7. The van der Waals surface area contributed by atoms with Gasteiger partial charge in [-0.05, 0) is 47.3 Å². The molecule has 0 spiro atoms. The quantitative estimate of drug-likeness (QED) is 0.655. The van der Waals surface area contributed by atoms with Crippen LogP contribution in [0.3, 0.4) is 0 Å². The molecule has 1 N–H and O–H groups in total. The normalized spacial score (nSPS) is 17.3. The third kappa shape index (κ3) is 4.21. The summed E-state index contributed by atoms with van der Waals surface area (Å²) in [7, 11) is 2.20. The molecule has 122 valence electrons. The number of hydrogen-bond donors (Lipinski definition) is 1. The average Bonchev–Trinajstić information content (AvgIpc) is 2.61. The van der Waals surface area contributed by atoms with Crippen LogP contribution in [0, 0.1) is 5.92 Å². The minimum Gasteiger partial charge on any atom is -0.507 e. The Morgan fingerprint density at radius 3 is 2.83 bits per heavy atom. The second-order valence-corrected chi connectivity index (χ2v) is 7.29. The lowest BCUT2D eigenvalue weighted by atomic mass is 9.93. The van der Waals surface area contributed by atoms with Crippen molar-refractivity contribution in [3.63, 3.8) is 0 Å². The Hall–Kier alpha value is -2.18. The van der Waals surface area contributed by atoms with Gasteiger partial charge in [0.15, 0.2) is 0 Å². The molecule has 0 saturated heterocycles. The van der Waals surface area contributed by atoms with Crippen molar-refractivity contribution in [2.24, 2.45) is 10.9 Å². The number of allylic oxidation sites excluding steroid dienone is 4. The van der Waals surface area contributed by atoms with Crippen LogP contribution in [0.4, 0.5) is 0 Å². The van der Waals surface area contributed by atoms with Crippen molar-refractivity contribution in [2.75, 3.05) is 7.05 Å². The van der Waals surface area contributed by atoms with Gasteiger partial charge in [0, 0.05) is 18.6 Å². The van der Waals surface area contributed by atoms with Crippen LogP contribution in [0.15, 0.2) is 71.8 Å². The standard InChI is InChI=1S/C21H22NOP/c1-22-15-18-9-5-6-10-20(18)24-21-14-17(11-12-19(21)23)13-16-7-3-2-4-8-16/h2-7,9-12,14-16,23-24H,8,13H2,1H3. The maximum absolute atomic E-state index is 10.3. The molecule has 2 atom stereocenters. The first-order chi connectivity index (χ1) is 11.8. The molecule has 1 aliphatic rings. The summed E-state index contributed by atoms with van der Waals surface area (Å²) in [5.41, 5.74) is 2.39. The Morgan fingerprint density at radius 1 is 1.17 bits per heavy atom. The summed E-state index contributed by atoms with van der Waals surface area (Å²) in [6, 6.07) is 14.2. The second kappa shape index (κ2) is 8.08. The van der Waals surface area contributed by atoms with Crippen molar-refractivity contribution in [2.45, 2.75) is 12.8 Å². The number of nitrogens with zero attached hydrogens (tertiary/aromatic N) is 1. The summed E-state index contributed by atoms with van der Waals surface area (Å²) in [4.78, 5) is 4.13. The first-order valence-electron chi connectivity index (χ1n) is 8.19. The second-order valence-electron chi connectivity index (χ2n) is 5.96. The molecule has 0 bridgehead atoms. The molecule has 2 nitrogen and oxygen atoms in total. The van der Waals surface area contributed by atoms with Gasteiger partial charge < -0.3 is 5.11 Å². The lowest BCUT2D eigenvalue weighted by Gasteiger charge is -2.15. The summed E-state index contributed by atoms with van der Waals surface area (Å²) >= 11 is 0. The Morgan fingerprint density at radius 2 is 2.04 bits per heavy atom. The van der Waals surface area contributed by atoms with E-state index in [0.29, 0.717) is 20.2 Å². The molecule has 2 aromatic carbocycles. The number of benzene rings is 2. The van der Waals surface area contributed by atoms with Gasteiger partial charge >= 0.3 is 0 Å². The van der Waals surface area contributed by atoms with Gasteiger partial charge in [-0.25, -0.2) is 0 Å². The van der Waals surface area contributed by atoms with Gasteiger partial charge in [0.2, 0.25) is 0 Å². The van der Waals surface area contributed by atoms with Crippen molar-refractivity contribution >= 4 is 25.4 Å². The fourth-order valence-corrected chi connectivity index (χ4v) is 4.13. The highest BCUT2D eigenvalue weighted by atomic mass is 31.1. The zero-order valence-electron chi connectivity index (χ0n) is 13.8. The van der Waals surface area contributed by atoms with E-state index in [1.807, 2.05) is 30.5 Å². The van der Waals surface area contributed by atoms with E-state index in [1.165, 1.54) is 10.9 Å². The number of aliphatic imine (C=N–C) groups is 1. The zero-order valence-corrected chi connectivity index (χ0v) is 14.8. The van der Waals surface area contributed by atoms with Crippen LogP contribution in [0.25, 0.3) is 0 Å². The molecule has 0 aliphatic heterocycles. The molecule has 0 fully saturated rings. The van der Waals surface area contributed by atoms with Crippen molar-refractivity contribution < 1.29 is 5.11 Å². The Kier molecular flexibility index (Phi) is 5.61. The maximum atomic E-state index is 10.3. The van der Waals surface area contributed by atoms with Gasteiger partial charge in [-0.15, -0.1) is 0 Å². The summed E-state index contributed by atoms with van der Waals surface area (Å²) in [6.45, 7) is 0. The summed E-state index contributed by atoms with van der Waals surface area (Å²) in [5.74, 6) is 0.926. The van der Waals surface area contributed by atoms with E-state index >= 15 is 0 Å². The topological polar surface area (TPSA) is 32.6 Å². The SMILES string of the molecule is CN=Cc1ccccc1Pc1cc(CC2C=CC=CC2)ccc1O. The first-order valence-corrected chi connectivity index (χ1v) is 9.19. The van der Waals surface area contributed by atoms with Gasteiger partial charge in [-0.3, -0.25) is 4.99 Å². The lowest BCUT2D eigenvalue weighted by molar-refractivity contribution is 0.479. The van der Waals surface area contributed by atoms with E-state index in [0.717, 1.165) is 23.7 Å². The zero-order chi connectivity index (χ0) is 16.8. The number of aromatic hydroxyl groups is 1. The number of rotatable bonds is 5. The highest BCUT2D eigenvalue weighted by Crippen LogP contribution is 2.23. The number of hydrogen-bond acceptors (Lipinski definition) is 2. The van der Waals surface area contributed by atoms with Crippen molar-refractivity contribution in [3.05, 3.63) is 77.9 Å². The fourth-order valence-electron chi connectivity index (χ4n) is 2.90. The third-order valence-electron chi connectivity index (χ3n) is 4.13. The van der Waals surface area contributed by atoms with Gasteiger partial charge in [-0.2, -0.15) is 0 Å². The predicted molar refractivity (Wildman–Crippen MR) is 106 cm³/mol. The molecule has 0 amide bonds. The Labute approximate surface area is 145 Å². The summed E-state index contributed by atoms with van der Waals surface area (Å²) < 4.78 is 0. The lowest BCUT2D eigenvalue weighted by Crippen LogP contribution is -2.11. The van der Waals surface area contributed by atoms with Crippen molar-refractivity contribution in [1.29, 1.82) is 0 Å². The van der Waals surface area contributed by atoms with Crippen molar-refractivity contribution in [3.8, 4) is 5.75 Å². The van der Waals surface area contributed by atoms with Crippen molar-refractivity contribution in [1.82, 2.24) is 0 Å². The van der Waals surface area contributed by atoms with Crippen LogP contribution in [0.1, 0.15) is 17.5 Å². The Balaban J connectivity index is 1.82. The molecule has 2 unspecified atom stereocenters. The highest BCUT2D eigenvalue weighted by molar-refractivity contribution is 7.56. The van der Waals surface area contributed by atoms with Crippen LogP contribution in [0.5, 0.6) is 5.75 Å². The average molecular weight is 335 g/mol. The molecule has 0 saturated carbocycles. The van der Waals surface area contributed by atoms with Gasteiger partial charge in [0.25, 0.3) is 0 Å².